The van der Waals surface area contributed by atoms with E-state index in [9.17, 15) is 0 Å². The second-order valence-corrected chi connectivity index (χ2v) is 7.74. The summed E-state index contributed by atoms with van der Waals surface area (Å²) >= 11 is 1.75. The Balaban J connectivity index is 2.08. The minimum Gasteiger partial charge on any atom is -0.349 e. The van der Waals surface area contributed by atoms with Gasteiger partial charge in [-0.05, 0) is 5.92 Å². The van der Waals surface area contributed by atoms with Gasteiger partial charge in [-0.1, -0.05) is 27.7 Å². The van der Waals surface area contributed by atoms with Crippen molar-refractivity contribution in [2.75, 3.05) is 24.3 Å². The first-order valence-corrected chi connectivity index (χ1v) is 8.77. The molecule has 23 heavy (non-hydrogen) atoms. The molecule has 0 aliphatic heterocycles. The lowest BCUT2D eigenvalue weighted by molar-refractivity contribution is 0.644. The van der Waals surface area contributed by atoms with Crippen molar-refractivity contribution in [1.29, 1.82) is 0 Å². The van der Waals surface area contributed by atoms with Crippen LogP contribution in [0.4, 0.5) is 11.9 Å². The second kappa shape index (κ2) is 7.68. The third kappa shape index (κ3) is 5.13. The number of thiazole rings is 1. The highest BCUT2D eigenvalue weighted by atomic mass is 32.1. The van der Waals surface area contributed by atoms with Crippen LogP contribution in [0.5, 0.6) is 0 Å². The summed E-state index contributed by atoms with van der Waals surface area (Å²) in [5.41, 5.74) is 0. The third-order valence-electron chi connectivity index (χ3n) is 3.16. The molecule has 2 aromatic rings. The molecule has 0 atom stereocenters. The van der Waals surface area contributed by atoms with Crippen molar-refractivity contribution in [3.63, 3.8) is 0 Å². The van der Waals surface area contributed by atoms with Gasteiger partial charge in [-0.2, -0.15) is 15.0 Å². The van der Waals surface area contributed by atoms with Crippen LogP contribution in [-0.2, 0) is 13.0 Å². The number of hydrogen-bond donors (Lipinski definition) is 1. The van der Waals surface area contributed by atoms with Crippen LogP contribution < -0.4 is 10.2 Å². The van der Waals surface area contributed by atoms with Crippen LogP contribution >= 0.6 is 11.3 Å². The van der Waals surface area contributed by atoms with E-state index >= 15 is 0 Å². The van der Waals surface area contributed by atoms with Gasteiger partial charge in [0.05, 0.1) is 11.6 Å². The van der Waals surface area contributed by atoms with Crippen LogP contribution in [0.2, 0.25) is 0 Å². The fourth-order valence-corrected chi connectivity index (χ4v) is 3.03. The van der Waals surface area contributed by atoms with Crippen LogP contribution in [0, 0.1) is 5.92 Å². The molecule has 0 aromatic carbocycles. The Hall–Kier alpha value is -1.76. The highest BCUT2D eigenvalue weighted by Crippen LogP contribution is 2.19. The molecular formula is C16H26N6S. The Kier molecular flexibility index (Phi) is 5.87. The molecular weight excluding hydrogens is 308 g/mol. The van der Waals surface area contributed by atoms with Crippen LogP contribution in [0.15, 0.2) is 6.20 Å². The number of nitrogens with one attached hydrogen (secondary N) is 1. The Morgan fingerprint density at radius 2 is 1.87 bits per heavy atom. The zero-order chi connectivity index (χ0) is 17.0. The first-order valence-electron chi connectivity index (χ1n) is 7.96. The zero-order valence-corrected chi connectivity index (χ0v) is 15.6. The Morgan fingerprint density at radius 3 is 2.48 bits per heavy atom. The van der Waals surface area contributed by atoms with E-state index in [1.54, 1.807) is 11.3 Å². The molecule has 126 valence electrons. The van der Waals surface area contributed by atoms with Gasteiger partial charge in [-0.3, -0.25) is 0 Å². The van der Waals surface area contributed by atoms with Crippen LogP contribution in [0.1, 0.15) is 49.3 Å². The van der Waals surface area contributed by atoms with Gasteiger partial charge in [0.1, 0.15) is 5.82 Å². The van der Waals surface area contributed by atoms with Crippen molar-refractivity contribution in [1.82, 2.24) is 19.9 Å². The highest BCUT2D eigenvalue weighted by molar-refractivity contribution is 7.11. The molecule has 2 rings (SSSR count). The quantitative estimate of drug-likeness (QED) is 0.838. The Bertz CT molecular complexity index is 609. The van der Waals surface area contributed by atoms with Crippen molar-refractivity contribution in [2.24, 2.45) is 5.92 Å². The molecule has 0 saturated heterocycles. The predicted octanol–water partition coefficient (Wildman–Crippen LogP) is 3.33. The molecule has 7 heteroatoms. The van der Waals surface area contributed by atoms with Crippen LogP contribution in [0.3, 0.4) is 0 Å². The van der Waals surface area contributed by atoms with E-state index < -0.39 is 0 Å². The monoisotopic (exact) mass is 334 g/mol. The van der Waals surface area contributed by atoms with Crippen molar-refractivity contribution in [3.05, 3.63) is 21.9 Å². The molecule has 0 unspecified atom stereocenters. The van der Waals surface area contributed by atoms with Gasteiger partial charge >= 0.3 is 0 Å². The lowest BCUT2D eigenvalue weighted by atomic mass is 10.1. The van der Waals surface area contributed by atoms with E-state index in [0.29, 0.717) is 24.4 Å². The van der Waals surface area contributed by atoms with Gasteiger partial charge in [0.2, 0.25) is 11.9 Å². The van der Waals surface area contributed by atoms with Crippen molar-refractivity contribution >= 4 is 23.2 Å². The molecule has 0 aliphatic carbocycles. The molecule has 0 saturated carbocycles. The number of aromatic nitrogens is 4. The maximum Gasteiger partial charge on any atom is 0.229 e. The number of hydrogen-bond acceptors (Lipinski definition) is 7. The molecule has 0 bridgehead atoms. The van der Waals surface area contributed by atoms with Gasteiger partial charge < -0.3 is 10.2 Å². The first kappa shape index (κ1) is 17.6. The third-order valence-corrected chi connectivity index (χ3v) is 4.18. The minimum absolute atomic E-state index is 0.262. The van der Waals surface area contributed by atoms with Gasteiger partial charge in [0, 0.05) is 37.5 Å². The second-order valence-electron chi connectivity index (χ2n) is 6.54. The summed E-state index contributed by atoms with van der Waals surface area (Å²) in [5, 5.41) is 4.48. The molecule has 0 amide bonds. The van der Waals surface area contributed by atoms with Gasteiger partial charge in [0.25, 0.3) is 0 Å². The molecule has 0 radical (unpaired) electrons. The lowest BCUT2D eigenvalue weighted by Crippen LogP contribution is -2.17. The summed E-state index contributed by atoms with van der Waals surface area (Å²) in [4.78, 5) is 21.0. The summed E-state index contributed by atoms with van der Waals surface area (Å²) in [6, 6.07) is 0. The molecule has 6 nitrogen and oxygen atoms in total. The maximum atomic E-state index is 4.51. The molecule has 0 fully saturated rings. The molecule has 2 heterocycles. The first-order chi connectivity index (χ1) is 10.8. The van der Waals surface area contributed by atoms with Crippen LogP contribution in [-0.4, -0.2) is 34.0 Å². The van der Waals surface area contributed by atoms with Crippen molar-refractivity contribution in [3.8, 4) is 0 Å². The smallest absolute Gasteiger partial charge is 0.229 e. The molecule has 2 aromatic heterocycles. The largest absolute Gasteiger partial charge is 0.349 e. The van der Waals surface area contributed by atoms with Crippen molar-refractivity contribution in [2.45, 2.75) is 46.6 Å². The fourth-order valence-electron chi connectivity index (χ4n) is 1.96. The van der Waals surface area contributed by atoms with E-state index in [2.05, 4.69) is 52.9 Å². The summed E-state index contributed by atoms with van der Waals surface area (Å²) in [6.07, 6.45) is 2.96. The Labute approximate surface area is 142 Å². The van der Waals surface area contributed by atoms with Gasteiger partial charge in [-0.15, -0.1) is 11.3 Å². The minimum atomic E-state index is 0.262. The molecule has 0 aliphatic rings. The average molecular weight is 334 g/mol. The summed E-state index contributed by atoms with van der Waals surface area (Å²) < 4.78 is 0. The highest BCUT2D eigenvalue weighted by Gasteiger charge is 2.11. The Morgan fingerprint density at radius 1 is 1.13 bits per heavy atom. The topological polar surface area (TPSA) is 66.8 Å². The summed E-state index contributed by atoms with van der Waals surface area (Å²) in [5.74, 6) is 2.98. The lowest BCUT2D eigenvalue weighted by Gasteiger charge is -2.14. The number of rotatable bonds is 7. The van der Waals surface area contributed by atoms with E-state index in [1.807, 2.05) is 25.2 Å². The fraction of sp³-hybridized carbons (Fsp3) is 0.625. The van der Waals surface area contributed by atoms with Gasteiger partial charge in [-0.25, -0.2) is 4.98 Å². The van der Waals surface area contributed by atoms with Crippen LogP contribution in [0.25, 0.3) is 0 Å². The maximum absolute atomic E-state index is 4.51. The van der Waals surface area contributed by atoms with E-state index in [4.69, 9.17) is 0 Å². The molecule has 1 N–H and O–H groups in total. The predicted molar refractivity (Wildman–Crippen MR) is 96.2 cm³/mol. The molecule has 0 spiro atoms. The van der Waals surface area contributed by atoms with E-state index in [0.717, 1.165) is 12.2 Å². The van der Waals surface area contributed by atoms with E-state index in [1.165, 1.54) is 9.88 Å². The van der Waals surface area contributed by atoms with Gasteiger partial charge in [0.15, 0.2) is 0 Å². The number of anilines is 2. The average Bonchev–Trinajstić information content (AvgIpc) is 2.91. The summed E-state index contributed by atoms with van der Waals surface area (Å²) in [7, 11) is 3.87. The normalized spacial score (nSPS) is 11.3. The van der Waals surface area contributed by atoms with Crippen molar-refractivity contribution < 1.29 is 0 Å². The standard InChI is InChI=1S/C16H26N6S/c1-10(2)7-13-17-8-12(23-13)9-18-15-19-14(11(3)4)20-16(21-15)22(5)6/h8,10-11H,7,9H2,1-6H3,(H,18,19,20,21). The van der Waals surface area contributed by atoms with E-state index in [-0.39, 0.29) is 5.92 Å². The number of nitrogens with zero attached hydrogens (tertiary/aromatic N) is 5. The zero-order valence-electron chi connectivity index (χ0n) is 14.8. The summed E-state index contributed by atoms with van der Waals surface area (Å²) in [6.45, 7) is 9.27. The SMILES string of the molecule is CC(C)Cc1ncc(CNc2nc(C(C)C)nc(N(C)C)n2)s1.